The molecule has 10 heterocycles. The predicted molar refractivity (Wildman–Crippen MR) is 297 cm³/mol. The Hall–Kier alpha value is -7.23. The molecule has 7 aliphatic rings. The Bertz CT molecular complexity index is 3510. The van der Waals surface area contributed by atoms with Crippen molar-refractivity contribution in [3.05, 3.63) is 83.2 Å². The van der Waals surface area contributed by atoms with Gasteiger partial charge in [-0.25, -0.2) is 18.6 Å². The molecule has 3 aromatic carbocycles. The fourth-order valence-corrected chi connectivity index (χ4v) is 14.3. The Labute approximate surface area is 457 Å². The largest absolute Gasteiger partial charge is 0.461 e. The molecule has 0 bridgehead atoms. The average Bonchev–Trinajstić information content (AvgIpc) is 4.21. The number of allylic oxidation sites excluding steroid dienone is 1. The van der Waals surface area contributed by atoms with Crippen LogP contribution < -0.4 is 19.9 Å². The molecule has 13 rings (SSSR count). The van der Waals surface area contributed by atoms with Crippen LogP contribution in [0.1, 0.15) is 107 Å². The molecule has 0 spiro atoms. The number of carbonyl (C=O) groups excluding carboxylic acids is 3. The lowest BCUT2D eigenvalue weighted by atomic mass is 9.83. The van der Waals surface area contributed by atoms with Crippen molar-refractivity contribution >= 4 is 67.6 Å². The summed E-state index contributed by atoms with van der Waals surface area (Å²) in [6.45, 7) is 8.38. The molecular formula is C61H66F2N10O6. The molecule has 0 saturated carbocycles. The fraction of sp³-hybridized carbons (Fsp3) is 0.492. The van der Waals surface area contributed by atoms with Gasteiger partial charge in [0.05, 0.1) is 52.0 Å². The molecule has 1 N–H and O–H groups in total. The van der Waals surface area contributed by atoms with Gasteiger partial charge in [0.2, 0.25) is 11.8 Å². The summed E-state index contributed by atoms with van der Waals surface area (Å²) >= 11 is 0. The van der Waals surface area contributed by atoms with Crippen molar-refractivity contribution in [1.29, 1.82) is 0 Å². The number of imide groups is 1. The van der Waals surface area contributed by atoms with E-state index in [-0.39, 0.29) is 64.9 Å². The number of aromatic nitrogens is 5. The maximum Gasteiger partial charge on any atom is 0.409 e. The maximum atomic E-state index is 17.6. The summed E-state index contributed by atoms with van der Waals surface area (Å²) in [5.74, 6) is 2.08. The third-order valence-corrected chi connectivity index (χ3v) is 18.5. The van der Waals surface area contributed by atoms with Gasteiger partial charge in [0.1, 0.15) is 36.1 Å². The van der Waals surface area contributed by atoms with E-state index in [1.807, 2.05) is 29.6 Å². The van der Waals surface area contributed by atoms with Crippen LogP contribution in [0.4, 0.5) is 25.1 Å². The molecule has 6 fully saturated rings. The van der Waals surface area contributed by atoms with Gasteiger partial charge in [0, 0.05) is 80.9 Å². The molecule has 1 unspecified atom stereocenters. The highest BCUT2D eigenvalue weighted by molar-refractivity contribution is 6.06. The van der Waals surface area contributed by atoms with Gasteiger partial charge in [-0.15, -0.1) is 6.42 Å². The van der Waals surface area contributed by atoms with E-state index in [2.05, 4.69) is 50.2 Å². The summed E-state index contributed by atoms with van der Waals surface area (Å²) < 4.78 is 53.5. The third kappa shape index (κ3) is 9.29. The number of benzene rings is 3. The maximum absolute atomic E-state index is 17.6. The van der Waals surface area contributed by atoms with Crippen molar-refractivity contribution in [2.24, 2.45) is 18.9 Å². The Balaban J connectivity index is 0.641. The van der Waals surface area contributed by atoms with Crippen LogP contribution in [-0.4, -0.2) is 136 Å². The number of carbonyl (C=O) groups is 3. The van der Waals surface area contributed by atoms with Gasteiger partial charge in [0.15, 0.2) is 5.82 Å². The Kier molecular flexibility index (Phi) is 13.5. The topological polar surface area (TPSA) is 160 Å². The summed E-state index contributed by atoms with van der Waals surface area (Å²) in [7, 11) is 1.91. The summed E-state index contributed by atoms with van der Waals surface area (Å²) in [5, 5.41) is 9.72. The van der Waals surface area contributed by atoms with Crippen LogP contribution >= 0.6 is 0 Å². The molecular weight excluding hydrogens is 1010 g/mol. The van der Waals surface area contributed by atoms with Crippen LogP contribution in [0.15, 0.2) is 54.6 Å². The number of hydrogen-bond donors (Lipinski definition) is 1. The second kappa shape index (κ2) is 20.8. The number of hydrogen-bond acceptors (Lipinski definition) is 13. The van der Waals surface area contributed by atoms with E-state index in [1.54, 1.807) is 18.2 Å². The van der Waals surface area contributed by atoms with Crippen LogP contribution in [0.3, 0.4) is 0 Å². The number of terminal acetylenes is 1. The first-order chi connectivity index (χ1) is 38.4. The van der Waals surface area contributed by atoms with Crippen molar-refractivity contribution in [1.82, 2.24) is 39.8 Å². The second-order valence-electron chi connectivity index (χ2n) is 23.1. The molecule has 4 atom stereocenters. The van der Waals surface area contributed by atoms with Gasteiger partial charge in [0.25, 0.3) is 0 Å². The van der Waals surface area contributed by atoms with Gasteiger partial charge in [-0.2, -0.15) is 15.1 Å². The number of halogens is 2. The Morgan fingerprint density at radius 2 is 1.73 bits per heavy atom. The van der Waals surface area contributed by atoms with Gasteiger partial charge in [-0.05, 0) is 131 Å². The van der Waals surface area contributed by atoms with Crippen LogP contribution in [0.5, 0.6) is 6.01 Å². The van der Waals surface area contributed by atoms with E-state index < -0.39 is 17.6 Å². The number of aryl methyl sites for hydroxylation is 1. The van der Waals surface area contributed by atoms with E-state index in [0.29, 0.717) is 97.4 Å². The lowest BCUT2D eigenvalue weighted by Crippen LogP contribution is -2.48. The number of rotatable bonds is 10. The average molecular weight is 1070 g/mol. The first kappa shape index (κ1) is 51.2. The molecule has 3 aromatic heterocycles. The molecule has 0 aliphatic carbocycles. The molecule has 79 heavy (non-hydrogen) atoms. The number of anilines is 2. The smallest absolute Gasteiger partial charge is 0.409 e. The lowest BCUT2D eigenvalue weighted by molar-refractivity contribution is -0.134. The predicted octanol–water partition coefficient (Wildman–Crippen LogP) is 9.05. The zero-order valence-corrected chi connectivity index (χ0v) is 44.9. The van der Waals surface area contributed by atoms with Crippen molar-refractivity contribution in [2.45, 2.75) is 108 Å². The summed E-state index contributed by atoms with van der Waals surface area (Å²) in [6, 6.07) is 14.6. The van der Waals surface area contributed by atoms with E-state index in [9.17, 15) is 14.4 Å². The van der Waals surface area contributed by atoms with Crippen LogP contribution in [0, 0.1) is 35.8 Å². The summed E-state index contributed by atoms with van der Waals surface area (Å²) in [5.41, 5.74) is 4.40. The third-order valence-electron chi connectivity index (χ3n) is 18.5. The number of pyridine rings is 1. The Morgan fingerprint density at radius 1 is 0.911 bits per heavy atom. The molecule has 6 aromatic rings. The summed E-state index contributed by atoms with van der Waals surface area (Å²) in [6.07, 6.45) is 18.2. The normalized spacial score (nSPS) is 24.1. The highest BCUT2D eigenvalue weighted by Gasteiger charge is 2.50. The number of nitrogens with zero attached hydrogens (tertiary/aromatic N) is 9. The molecule has 3 amide bonds. The van der Waals surface area contributed by atoms with Crippen LogP contribution in [0.25, 0.3) is 49.4 Å². The molecule has 18 heteroatoms. The molecule has 16 nitrogen and oxygen atoms in total. The molecule has 0 radical (unpaired) electrons. The highest BCUT2D eigenvalue weighted by Crippen LogP contribution is 2.46. The van der Waals surface area contributed by atoms with Gasteiger partial charge in [-0.1, -0.05) is 36.3 Å². The first-order valence-electron chi connectivity index (χ1n) is 28.4. The fourth-order valence-electron chi connectivity index (χ4n) is 14.3. The number of amides is 3. The van der Waals surface area contributed by atoms with Gasteiger partial charge in [-0.3, -0.25) is 24.5 Å². The minimum Gasteiger partial charge on any atom is -0.461 e. The van der Waals surface area contributed by atoms with Crippen molar-refractivity contribution in [3.8, 4) is 29.6 Å². The number of nitrogens with one attached hydrogen (secondary N) is 1. The number of piperidine rings is 3. The SMILES string of the molecule is C#Cc1c(F)ccc2cccc(-c3nc4c5c(nc(OC[C@@]67CCCN6[C@H](COC(=O)N6CCC(CC8CCN(c9ccc%10c(C%11CCC(=O)NC%11=O)nn(C)c%10c9)CC8)CC6)CC7)nc5c3F)N3CCCOC[C@@H]3C=C4C)c12. The van der Waals surface area contributed by atoms with Crippen LogP contribution in [0.2, 0.25) is 0 Å². The molecule has 6 saturated heterocycles. The zero-order chi connectivity index (χ0) is 54.1. The number of likely N-dealkylation sites (tertiary alicyclic amines) is 1. The highest BCUT2D eigenvalue weighted by atomic mass is 19.1. The van der Waals surface area contributed by atoms with Crippen LogP contribution in [-0.2, 0) is 26.1 Å². The standard InChI is InChI=1S/C61H66F2N10O6/c1-4-43-47(62)14-10-39-8-5-9-45(50(39)43)55-52(63)56-51-53(65-55)36(2)30-42-33-77-29-7-23-72(42)57(51)67-59(66-56)79-35-61-21-6-24-73(61)41(16-22-61)34-78-60(76)71-27-19-38(20-28-71)31-37-17-25-70(26-18-37)40-11-12-44-48(32-40)69(3)68-54(44)46-13-15-49(74)64-58(46)75/h1,5,8-12,14,30,32,37-38,41-42,46H,6-7,13,15-29,31,33-35H2,2-3H3,(H,64,74,75)/t41-,42-,46?,61-/m0/s1. The minimum absolute atomic E-state index is 0.0151. The number of fused-ring (bicyclic) bond motifs is 5. The minimum atomic E-state index is -0.670. The van der Waals surface area contributed by atoms with Crippen molar-refractivity contribution < 1.29 is 37.4 Å². The molecule has 7 aliphatic heterocycles. The first-order valence-corrected chi connectivity index (χ1v) is 28.4. The quantitative estimate of drug-likeness (QED) is 0.102. The zero-order valence-electron chi connectivity index (χ0n) is 44.9. The van der Waals surface area contributed by atoms with E-state index in [4.69, 9.17) is 40.7 Å². The van der Waals surface area contributed by atoms with Gasteiger partial charge >= 0.3 is 12.1 Å². The van der Waals surface area contributed by atoms with E-state index in [0.717, 1.165) is 105 Å². The number of ether oxygens (including phenoxy) is 3. The Morgan fingerprint density at radius 3 is 2.54 bits per heavy atom. The molecule has 410 valence electrons. The summed E-state index contributed by atoms with van der Waals surface area (Å²) in [4.78, 5) is 62.0. The monoisotopic (exact) mass is 1070 g/mol. The van der Waals surface area contributed by atoms with Gasteiger partial charge < -0.3 is 28.9 Å². The van der Waals surface area contributed by atoms with E-state index >= 15 is 8.78 Å². The van der Waals surface area contributed by atoms with E-state index in [1.165, 1.54) is 12.5 Å². The van der Waals surface area contributed by atoms with Crippen molar-refractivity contribution in [3.63, 3.8) is 0 Å². The lowest BCUT2D eigenvalue weighted by Gasteiger charge is -2.37. The second-order valence-corrected chi connectivity index (χ2v) is 23.1. The van der Waals surface area contributed by atoms with Crippen molar-refractivity contribution in [2.75, 3.05) is 75.5 Å².